The van der Waals surface area contributed by atoms with Crippen molar-refractivity contribution in [2.24, 2.45) is 5.92 Å². The lowest BCUT2D eigenvalue weighted by molar-refractivity contribution is -0.121. The summed E-state index contributed by atoms with van der Waals surface area (Å²) in [7, 11) is 0. The summed E-state index contributed by atoms with van der Waals surface area (Å²) < 4.78 is 0. The number of urea groups is 1. The summed E-state index contributed by atoms with van der Waals surface area (Å²) in [4.78, 5) is 25.6. The van der Waals surface area contributed by atoms with Crippen molar-refractivity contribution in [3.05, 3.63) is 0 Å². The van der Waals surface area contributed by atoms with E-state index in [1.807, 2.05) is 20.8 Å². The number of nitrogens with one attached hydrogen (secondary N) is 3. The second-order valence-electron chi connectivity index (χ2n) is 6.78. The van der Waals surface area contributed by atoms with Crippen molar-refractivity contribution in [3.8, 4) is 0 Å². The van der Waals surface area contributed by atoms with Gasteiger partial charge in [-0.3, -0.25) is 15.0 Å². The fraction of sp³-hybridized carbons (Fsp3) is 0.867. The molecule has 1 aliphatic rings. The molecule has 0 unspecified atom stereocenters. The molecule has 1 heterocycles. The average Bonchev–Trinajstić information content (AvgIpc) is 2.35. The lowest BCUT2D eigenvalue weighted by atomic mass is 9.97. The van der Waals surface area contributed by atoms with E-state index < -0.39 is 6.03 Å². The van der Waals surface area contributed by atoms with Crippen LogP contribution in [0.4, 0.5) is 4.79 Å². The Hall–Kier alpha value is -0.850. The van der Waals surface area contributed by atoms with Gasteiger partial charge in [-0.25, -0.2) is 4.79 Å². The van der Waals surface area contributed by atoms with Crippen LogP contribution in [0.3, 0.4) is 0 Å². The highest BCUT2D eigenvalue weighted by Gasteiger charge is 2.22. The molecule has 1 saturated heterocycles. The minimum Gasteiger partial charge on any atom is -0.333 e. The van der Waals surface area contributed by atoms with E-state index in [0.717, 1.165) is 39.0 Å². The van der Waals surface area contributed by atoms with Crippen molar-refractivity contribution in [1.82, 2.24) is 20.9 Å². The van der Waals surface area contributed by atoms with Crippen molar-refractivity contribution < 1.29 is 9.59 Å². The van der Waals surface area contributed by atoms with Crippen molar-refractivity contribution in [3.63, 3.8) is 0 Å². The van der Waals surface area contributed by atoms with Gasteiger partial charge in [0.2, 0.25) is 5.91 Å². The van der Waals surface area contributed by atoms with Crippen LogP contribution in [0.15, 0.2) is 0 Å². The molecule has 0 aromatic carbocycles. The number of halogens is 1. The van der Waals surface area contributed by atoms with Gasteiger partial charge in [0, 0.05) is 5.54 Å². The third-order valence-electron chi connectivity index (χ3n) is 3.50. The van der Waals surface area contributed by atoms with Crippen LogP contribution in [0, 0.1) is 5.92 Å². The van der Waals surface area contributed by atoms with Crippen LogP contribution in [-0.2, 0) is 4.79 Å². The Morgan fingerprint density at radius 3 is 2.27 bits per heavy atom. The molecule has 3 amide bonds. The first kappa shape index (κ1) is 21.1. The maximum atomic E-state index is 11.8. The van der Waals surface area contributed by atoms with E-state index >= 15 is 0 Å². The number of piperidine rings is 1. The molecule has 22 heavy (non-hydrogen) atoms. The normalized spacial score (nSPS) is 16.7. The van der Waals surface area contributed by atoms with E-state index in [1.54, 1.807) is 0 Å². The number of hydrogen-bond donors (Lipinski definition) is 3. The van der Waals surface area contributed by atoms with Crippen LogP contribution < -0.4 is 16.0 Å². The SMILES string of the molecule is CCNCC1CCN(CC(=O)NC(=O)NC(C)(C)C)CC1.Cl. The molecule has 130 valence electrons. The van der Waals surface area contributed by atoms with E-state index in [-0.39, 0.29) is 23.9 Å². The molecule has 0 aromatic rings. The fourth-order valence-electron chi connectivity index (χ4n) is 2.44. The van der Waals surface area contributed by atoms with Gasteiger partial charge < -0.3 is 10.6 Å². The van der Waals surface area contributed by atoms with Gasteiger partial charge >= 0.3 is 6.03 Å². The van der Waals surface area contributed by atoms with Gasteiger partial charge in [-0.05, 0) is 65.7 Å². The summed E-state index contributed by atoms with van der Waals surface area (Å²) in [6, 6.07) is -0.422. The average molecular weight is 335 g/mol. The number of amides is 3. The minimum absolute atomic E-state index is 0. The Morgan fingerprint density at radius 2 is 1.77 bits per heavy atom. The number of likely N-dealkylation sites (tertiary alicyclic amines) is 1. The zero-order valence-corrected chi connectivity index (χ0v) is 15.0. The van der Waals surface area contributed by atoms with E-state index in [0.29, 0.717) is 12.5 Å². The van der Waals surface area contributed by atoms with Crippen LogP contribution in [-0.4, -0.2) is 55.1 Å². The van der Waals surface area contributed by atoms with Gasteiger partial charge in [0.25, 0.3) is 0 Å². The molecule has 0 bridgehead atoms. The minimum atomic E-state index is -0.422. The fourth-order valence-corrected chi connectivity index (χ4v) is 2.44. The number of imide groups is 1. The van der Waals surface area contributed by atoms with Crippen molar-refractivity contribution in [2.45, 2.75) is 46.1 Å². The molecule has 1 fully saturated rings. The first-order valence-electron chi connectivity index (χ1n) is 7.85. The van der Waals surface area contributed by atoms with Gasteiger partial charge in [-0.1, -0.05) is 6.92 Å². The summed E-state index contributed by atoms with van der Waals surface area (Å²) >= 11 is 0. The number of rotatable bonds is 5. The van der Waals surface area contributed by atoms with E-state index in [4.69, 9.17) is 0 Å². The zero-order valence-electron chi connectivity index (χ0n) is 14.2. The first-order valence-corrected chi connectivity index (χ1v) is 7.85. The predicted molar refractivity (Wildman–Crippen MR) is 91.4 cm³/mol. The monoisotopic (exact) mass is 334 g/mol. The van der Waals surface area contributed by atoms with Crippen LogP contribution in [0.1, 0.15) is 40.5 Å². The summed E-state index contributed by atoms with van der Waals surface area (Å²) in [6.07, 6.45) is 2.21. The van der Waals surface area contributed by atoms with Gasteiger partial charge in [-0.15, -0.1) is 12.4 Å². The van der Waals surface area contributed by atoms with Gasteiger partial charge in [0.15, 0.2) is 0 Å². The Labute approximate surface area is 140 Å². The summed E-state index contributed by atoms with van der Waals surface area (Å²) in [5.74, 6) is 0.468. The quantitative estimate of drug-likeness (QED) is 0.709. The standard InChI is InChI=1S/C15H30N4O2.ClH/c1-5-16-10-12-6-8-19(9-7-12)11-13(20)17-14(21)18-15(2,3)4;/h12,16H,5-11H2,1-4H3,(H2,17,18,20,21);1H. The van der Waals surface area contributed by atoms with Crippen LogP contribution in [0.25, 0.3) is 0 Å². The van der Waals surface area contributed by atoms with Crippen LogP contribution >= 0.6 is 12.4 Å². The van der Waals surface area contributed by atoms with Crippen molar-refractivity contribution in [1.29, 1.82) is 0 Å². The highest BCUT2D eigenvalue weighted by atomic mass is 35.5. The number of hydrogen-bond acceptors (Lipinski definition) is 4. The second-order valence-corrected chi connectivity index (χ2v) is 6.78. The molecule has 0 atom stereocenters. The molecule has 0 aromatic heterocycles. The van der Waals surface area contributed by atoms with Gasteiger partial charge in [-0.2, -0.15) is 0 Å². The molecule has 0 saturated carbocycles. The van der Waals surface area contributed by atoms with Gasteiger partial charge in [0.05, 0.1) is 6.54 Å². The van der Waals surface area contributed by atoms with Gasteiger partial charge in [0.1, 0.15) is 0 Å². The van der Waals surface area contributed by atoms with Crippen molar-refractivity contribution >= 4 is 24.3 Å². The summed E-state index contributed by atoms with van der Waals surface area (Å²) in [5.41, 5.74) is -0.338. The van der Waals surface area contributed by atoms with Crippen LogP contribution in [0.2, 0.25) is 0 Å². The van der Waals surface area contributed by atoms with Crippen LogP contribution in [0.5, 0.6) is 0 Å². The first-order chi connectivity index (χ1) is 9.80. The summed E-state index contributed by atoms with van der Waals surface area (Å²) in [6.45, 7) is 12.0. The maximum Gasteiger partial charge on any atom is 0.321 e. The highest BCUT2D eigenvalue weighted by molar-refractivity contribution is 5.95. The molecule has 0 radical (unpaired) electrons. The molecular weight excluding hydrogens is 304 g/mol. The molecule has 7 heteroatoms. The molecule has 0 spiro atoms. The molecule has 0 aliphatic carbocycles. The van der Waals surface area contributed by atoms with E-state index in [2.05, 4.69) is 27.8 Å². The third kappa shape index (κ3) is 9.23. The Morgan fingerprint density at radius 1 is 1.18 bits per heavy atom. The smallest absolute Gasteiger partial charge is 0.321 e. The highest BCUT2D eigenvalue weighted by Crippen LogP contribution is 2.15. The zero-order chi connectivity index (χ0) is 15.9. The molecule has 1 rings (SSSR count). The maximum absolute atomic E-state index is 11.8. The predicted octanol–water partition coefficient (Wildman–Crippen LogP) is 1.35. The number of carbonyl (C=O) groups is 2. The Kier molecular flexibility index (Phi) is 9.64. The number of carbonyl (C=O) groups excluding carboxylic acids is 2. The number of nitrogens with zero attached hydrogens (tertiary/aromatic N) is 1. The van der Waals surface area contributed by atoms with E-state index in [1.165, 1.54) is 0 Å². The third-order valence-corrected chi connectivity index (χ3v) is 3.50. The molecule has 6 nitrogen and oxygen atoms in total. The second kappa shape index (κ2) is 10.0. The molecular formula is C15H31ClN4O2. The molecule has 3 N–H and O–H groups in total. The topological polar surface area (TPSA) is 73.5 Å². The van der Waals surface area contributed by atoms with Crippen molar-refractivity contribution in [2.75, 3.05) is 32.7 Å². The molecule has 1 aliphatic heterocycles. The Bertz CT molecular complexity index is 350. The Balaban J connectivity index is 0.00000441. The largest absolute Gasteiger partial charge is 0.333 e. The lowest BCUT2D eigenvalue weighted by Gasteiger charge is -2.31. The summed E-state index contributed by atoms with van der Waals surface area (Å²) in [5, 5.41) is 8.48. The lowest BCUT2D eigenvalue weighted by Crippen LogP contribution is -2.51. The van der Waals surface area contributed by atoms with E-state index in [9.17, 15) is 9.59 Å².